The van der Waals surface area contributed by atoms with Crippen molar-refractivity contribution in [1.29, 1.82) is 0 Å². The number of carbonyl (C=O) groups is 2. The molecule has 0 saturated heterocycles. The lowest BCUT2D eigenvalue weighted by Gasteiger charge is -2.18. The molecule has 5 aromatic rings. The first kappa shape index (κ1) is 25.3. The number of anilines is 3. The van der Waals surface area contributed by atoms with E-state index in [-0.39, 0.29) is 5.91 Å². The molecule has 0 atom stereocenters. The Labute approximate surface area is 235 Å². The van der Waals surface area contributed by atoms with Crippen LogP contribution in [0.15, 0.2) is 78.9 Å². The number of halogens is 1. The molecule has 2 heterocycles. The number of hydrogen-bond donors (Lipinski definition) is 1. The summed E-state index contributed by atoms with van der Waals surface area (Å²) in [7, 11) is 3.17. The predicted octanol–water partition coefficient (Wildman–Crippen LogP) is 6.82. The van der Waals surface area contributed by atoms with E-state index in [1.165, 1.54) is 11.0 Å². The van der Waals surface area contributed by atoms with Crippen molar-refractivity contribution >= 4 is 51.5 Å². The molecule has 1 N–H and O–H groups in total. The van der Waals surface area contributed by atoms with E-state index in [0.717, 1.165) is 27.7 Å². The number of hydrogen-bond acceptors (Lipinski definition) is 7. The van der Waals surface area contributed by atoms with Crippen LogP contribution >= 0.6 is 11.6 Å². The molecule has 0 bridgehead atoms. The fraction of sp³-hybridized carbons (Fsp3) is 0.0968. The molecule has 0 fully saturated rings. The van der Waals surface area contributed by atoms with Gasteiger partial charge in [0.15, 0.2) is 17.3 Å². The molecule has 0 saturated carbocycles. The van der Waals surface area contributed by atoms with Crippen molar-refractivity contribution in [2.24, 2.45) is 0 Å². The van der Waals surface area contributed by atoms with E-state index in [0.29, 0.717) is 45.0 Å². The van der Waals surface area contributed by atoms with E-state index in [2.05, 4.69) is 5.32 Å². The summed E-state index contributed by atoms with van der Waals surface area (Å²) in [5, 5.41) is 4.64. The van der Waals surface area contributed by atoms with Gasteiger partial charge in [0, 0.05) is 21.7 Å². The smallest absolute Gasteiger partial charge is 0.266 e. The van der Waals surface area contributed by atoms with Crippen LogP contribution in [0.4, 0.5) is 17.2 Å². The molecule has 1 aliphatic rings. The quantitative estimate of drug-likeness (QED) is 0.232. The van der Waals surface area contributed by atoms with Crippen LogP contribution in [0.2, 0.25) is 5.02 Å². The van der Waals surface area contributed by atoms with E-state index < -0.39 is 5.91 Å². The minimum Gasteiger partial charge on any atom is -0.493 e. The van der Waals surface area contributed by atoms with Gasteiger partial charge in [0.1, 0.15) is 5.82 Å². The van der Waals surface area contributed by atoms with Gasteiger partial charge in [-0.05, 0) is 79.2 Å². The molecule has 0 radical (unpaired) electrons. The number of carbonyl (C=O) groups excluding carboxylic acids is 2. The Kier molecular flexibility index (Phi) is 6.32. The third kappa shape index (κ3) is 4.28. The molecular weight excluding hydrogens is 528 g/mol. The zero-order valence-corrected chi connectivity index (χ0v) is 22.6. The number of imide groups is 1. The highest BCUT2D eigenvalue weighted by Gasteiger charge is 2.37. The molecule has 0 unspecified atom stereocenters. The second-order valence-electron chi connectivity index (χ2n) is 9.24. The Morgan fingerprint density at radius 2 is 1.57 bits per heavy atom. The summed E-state index contributed by atoms with van der Waals surface area (Å²) in [5.41, 5.74) is 4.16. The number of aryl methyl sites for hydroxylation is 1. The van der Waals surface area contributed by atoms with Gasteiger partial charge in [0.25, 0.3) is 11.8 Å². The van der Waals surface area contributed by atoms with E-state index >= 15 is 0 Å². The highest BCUT2D eigenvalue weighted by Crippen LogP contribution is 2.36. The van der Waals surface area contributed by atoms with Crippen molar-refractivity contribution < 1.29 is 19.1 Å². The molecule has 4 aromatic carbocycles. The van der Waals surface area contributed by atoms with Gasteiger partial charge in [-0.2, -0.15) is 0 Å². The monoisotopic (exact) mass is 550 g/mol. The summed E-state index contributed by atoms with van der Waals surface area (Å²) < 4.78 is 10.8. The number of fused-ring (bicyclic) bond motifs is 2. The average Bonchev–Trinajstić information content (AvgIpc) is 3.21. The SMILES string of the molecule is COc1ccc(-c2nc(Nc3ccc(N4C(=O)c5ccc(Cl)cc5C4=O)c(C)c3)c3ccccc3n2)cc1OC. The maximum Gasteiger partial charge on any atom is 0.266 e. The van der Waals surface area contributed by atoms with E-state index in [1.54, 1.807) is 32.4 Å². The van der Waals surface area contributed by atoms with Gasteiger partial charge >= 0.3 is 0 Å². The minimum atomic E-state index is -0.396. The molecule has 40 heavy (non-hydrogen) atoms. The molecule has 9 heteroatoms. The van der Waals surface area contributed by atoms with Gasteiger partial charge in [-0.15, -0.1) is 0 Å². The summed E-state index contributed by atoms with van der Waals surface area (Å²) in [6, 6.07) is 23.4. The standard InChI is InChI=1S/C31H23ClN4O4/c1-17-14-20(10-12-25(17)36-30(37)21-11-9-19(32)16-23(21)31(36)38)33-29-22-6-4-5-7-24(22)34-28(35-29)18-8-13-26(39-2)27(15-18)40-3/h4-16H,1-3H3,(H,33,34,35). The lowest BCUT2D eigenvalue weighted by molar-refractivity contribution is 0.0926. The van der Waals surface area contributed by atoms with Crippen molar-refractivity contribution in [1.82, 2.24) is 9.97 Å². The summed E-state index contributed by atoms with van der Waals surface area (Å²) in [6.07, 6.45) is 0. The second-order valence-corrected chi connectivity index (χ2v) is 9.68. The number of rotatable bonds is 6. The summed E-state index contributed by atoms with van der Waals surface area (Å²) in [4.78, 5) is 36.9. The van der Waals surface area contributed by atoms with Crippen LogP contribution in [0, 0.1) is 6.92 Å². The van der Waals surface area contributed by atoms with Gasteiger partial charge in [0.2, 0.25) is 0 Å². The predicted molar refractivity (Wildman–Crippen MR) is 155 cm³/mol. The number of nitrogens with one attached hydrogen (secondary N) is 1. The van der Waals surface area contributed by atoms with Crippen LogP contribution in [0.3, 0.4) is 0 Å². The highest BCUT2D eigenvalue weighted by atomic mass is 35.5. The first-order chi connectivity index (χ1) is 19.4. The van der Waals surface area contributed by atoms with Crippen molar-refractivity contribution in [3.05, 3.63) is 101 Å². The van der Waals surface area contributed by atoms with Crippen LogP contribution in [0.5, 0.6) is 11.5 Å². The van der Waals surface area contributed by atoms with Gasteiger partial charge < -0.3 is 14.8 Å². The second kappa shape index (κ2) is 9.98. The normalized spacial score (nSPS) is 12.6. The van der Waals surface area contributed by atoms with Gasteiger partial charge in [-0.1, -0.05) is 23.7 Å². The van der Waals surface area contributed by atoms with Crippen molar-refractivity contribution in [2.75, 3.05) is 24.4 Å². The fourth-order valence-electron chi connectivity index (χ4n) is 4.83. The maximum absolute atomic E-state index is 13.1. The van der Waals surface area contributed by atoms with Crippen LogP contribution in [-0.4, -0.2) is 36.0 Å². The van der Waals surface area contributed by atoms with Gasteiger partial charge in [-0.3, -0.25) is 9.59 Å². The third-order valence-electron chi connectivity index (χ3n) is 6.79. The van der Waals surface area contributed by atoms with Gasteiger partial charge in [0.05, 0.1) is 36.6 Å². The average molecular weight is 551 g/mol. The molecule has 8 nitrogen and oxygen atoms in total. The van der Waals surface area contributed by atoms with E-state index in [4.69, 9.17) is 31.0 Å². The summed E-state index contributed by atoms with van der Waals surface area (Å²) >= 11 is 6.07. The van der Waals surface area contributed by atoms with Crippen LogP contribution < -0.4 is 19.7 Å². The Bertz CT molecular complexity index is 1840. The molecule has 0 aliphatic carbocycles. The van der Waals surface area contributed by atoms with Crippen LogP contribution in [0.1, 0.15) is 26.3 Å². The first-order valence-electron chi connectivity index (χ1n) is 12.4. The van der Waals surface area contributed by atoms with Crippen molar-refractivity contribution in [3.63, 3.8) is 0 Å². The Morgan fingerprint density at radius 3 is 2.35 bits per heavy atom. The molecule has 0 spiro atoms. The number of methoxy groups -OCH3 is 2. The van der Waals surface area contributed by atoms with E-state index in [1.807, 2.05) is 61.5 Å². The maximum atomic E-state index is 13.1. The minimum absolute atomic E-state index is 0.300. The molecule has 6 rings (SSSR count). The molecule has 198 valence electrons. The summed E-state index contributed by atoms with van der Waals surface area (Å²) in [5.74, 6) is 1.54. The zero-order valence-electron chi connectivity index (χ0n) is 21.9. The number of nitrogens with zero attached hydrogens (tertiary/aromatic N) is 3. The van der Waals surface area contributed by atoms with Crippen LogP contribution in [-0.2, 0) is 0 Å². The molecule has 1 aromatic heterocycles. The number of aromatic nitrogens is 2. The van der Waals surface area contributed by atoms with Gasteiger partial charge in [-0.25, -0.2) is 14.9 Å². The first-order valence-corrected chi connectivity index (χ1v) is 12.8. The third-order valence-corrected chi connectivity index (χ3v) is 7.03. The lowest BCUT2D eigenvalue weighted by Crippen LogP contribution is -2.30. The number of benzene rings is 4. The van der Waals surface area contributed by atoms with Crippen molar-refractivity contribution in [3.8, 4) is 22.9 Å². The van der Waals surface area contributed by atoms with E-state index in [9.17, 15) is 9.59 Å². The lowest BCUT2D eigenvalue weighted by atomic mass is 10.1. The number of ether oxygens (including phenoxy) is 2. The molecule has 2 amide bonds. The molecule has 1 aliphatic heterocycles. The zero-order chi connectivity index (χ0) is 28.0. The van der Waals surface area contributed by atoms with Crippen molar-refractivity contribution in [2.45, 2.75) is 6.92 Å². The number of para-hydroxylation sites is 1. The Balaban J connectivity index is 1.36. The largest absolute Gasteiger partial charge is 0.493 e. The molecular formula is C31H23ClN4O4. The highest BCUT2D eigenvalue weighted by molar-refractivity contribution is 6.37. The topological polar surface area (TPSA) is 93.7 Å². The fourth-order valence-corrected chi connectivity index (χ4v) is 5.00. The Hall–Kier alpha value is -4.95. The van der Waals surface area contributed by atoms with Crippen LogP contribution in [0.25, 0.3) is 22.3 Å². The Morgan fingerprint density at radius 1 is 0.800 bits per heavy atom. The summed E-state index contributed by atoms with van der Waals surface area (Å²) in [6.45, 7) is 1.85. The number of amides is 2.